The SMILES string of the molecule is CCCCOc1ccc(Cc2cnc(N)nc2)cc1OC. The molecule has 0 amide bonds. The average molecular weight is 287 g/mol. The first-order valence-corrected chi connectivity index (χ1v) is 7.09. The number of hydrogen-bond donors (Lipinski definition) is 1. The number of hydrogen-bond acceptors (Lipinski definition) is 5. The van der Waals surface area contributed by atoms with Crippen LogP contribution in [-0.4, -0.2) is 23.7 Å². The summed E-state index contributed by atoms with van der Waals surface area (Å²) in [5, 5.41) is 0. The molecule has 0 aliphatic heterocycles. The monoisotopic (exact) mass is 287 g/mol. The second kappa shape index (κ2) is 7.47. The quantitative estimate of drug-likeness (QED) is 0.793. The van der Waals surface area contributed by atoms with Crippen molar-refractivity contribution in [1.29, 1.82) is 0 Å². The Morgan fingerprint density at radius 3 is 2.52 bits per heavy atom. The van der Waals surface area contributed by atoms with Gasteiger partial charge < -0.3 is 15.2 Å². The molecule has 1 aromatic carbocycles. The van der Waals surface area contributed by atoms with E-state index in [4.69, 9.17) is 15.2 Å². The lowest BCUT2D eigenvalue weighted by molar-refractivity contribution is 0.288. The minimum atomic E-state index is 0.288. The van der Waals surface area contributed by atoms with Crippen LogP contribution < -0.4 is 15.2 Å². The van der Waals surface area contributed by atoms with Crippen molar-refractivity contribution in [1.82, 2.24) is 9.97 Å². The third kappa shape index (κ3) is 4.34. The Morgan fingerprint density at radius 2 is 1.86 bits per heavy atom. The molecule has 112 valence electrons. The first-order chi connectivity index (χ1) is 10.2. The van der Waals surface area contributed by atoms with Crippen molar-refractivity contribution in [2.75, 3.05) is 19.5 Å². The summed E-state index contributed by atoms with van der Waals surface area (Å²) in [6, 6.07) is 5.96. The van der Waals surface area contributed by atoms with Gasteiger partial charge in [0.05, 0.1) is 13.7 Å². The van der Waals surface area contributed by atoms with E-state index in [2.05, 4.69) is 16.9 Å². The number of rotatable bonds is 7. The lowest BCUT2D eigenvalue weighted by atomic mass is 10.1. The van der Waals surface area contributed by atoms with Crippen LogP contribution in [0.1, 0.15) is 30.9 Å². The number of benzene rings is 1. The molecule has 1 heterocycles. The van der Waals surface area contributed by atoms with Crippen LogP contribution in [0.4, 0.5) is 5.95 Å². The standard InChI is InChI=1S/C16H21N3O2/c1-3-4-7-21-14-6-5-12(9-15(14)20-2)8-13-10-18-16(17)19-11-13/h5-6,9-11H,3-4,7-8H2,1-2H3,(H2,17,18,19). The average Bonchev–Trinajstić information content (AvgIpc) is 2.51. The molecule has 0 aliphatic rings. The number of nitrogens with zero attached hydrogens (tertiary/aromatic N) is 2. The van der Waals surface area contributed by atoms with Crippen LogP contribution in [0.5, 0.6) is 11.5 Å². The molecule has 2 N–H and O–H groups in total. The van der Waals surface area contributed by atoms with Crippen LogP contribution in [0.15, 0.2) is 30.6 Å². The Bertz CT molecular complexity index is 570. The number of anilines is 1. The van der Waals surface area contributed by atoms with Crippen molar-refractivity contribution >= 4 is 5.95 Å². The van der Waals surface area contributed by atoms with Gasteiger partial charge in [0.2, 0.25) is 5.95 Å². The van der Waals surface area contributed by atoms with Gasteiger partial charge in [-0.2, -0.15) is 0 Å². The fourth-order valence-electron chi connectivity index (χ4n) is 1.96. The van der Waals surface area contributed by atoms with Crippen molar-refractivity contribution in [3.63, 3.8) is 0 Å². The van der Waals surface area contributed by atoms with Gasteiger partial charge >= 0.3 is 0 Å². The van der Waals surface area contributed by atoms with Gasteiger partial charge in [-0.1, -0.05) is 19.4 Å². The van der Waals surface area contributed by atoms with E-state index in [1.54, 1.807) is 19.5 Å². The highest BCUT2D eigenvalue weighted by atomic mass is 16.5. The van der Waals surface area contributed by atoms with E-state index in [9.17, 15) is 0 Å². The maximum absolute atomic E-state index is 5.72. The fraction of sp³-hybridized carbons (Fsp3) is 0.375. The molecule has 1 aromatic heterocycles. The molecule has 0 atom stereocenters. The third-order valence-electron chi connectivity index (χ3n) is 3.12. The Hall–Kier alpha value is -2.30. The van der Waals surface area contributed by atoms with Gasteiger partial charge in [0.25, 0.3) is 0 Å². The summed E-state index contributed by atoms with van der Waals surface area (Å²) in [5.41, 5.74) is 7.60. The Morgan fingerprint density at radius 1 is 1.10 bits per heavy atom. The topological polar surface area (TPSA) is 70.3 Å². The minimum absolute atomic E-state index is 0.288. The van der Waals surface area contributed by atoms with Gasteiger partial charge in [0.15, 0.2) is 11.5 Å². The van der Waals surface area contributed by atoms with Crippen molar-refractivity contribution in [2.45, 2.75) is 26.2 Å². The summed E-state index contributed by atoms with van der Waals surface area (Å²) in [7, 11) is 1.65. The van der Waals surface area contributed by atoms with E-state index in [0.717, 1.165) is 41.9 Å². The van der Waals surface area contributed by atoms with Gasteiger partial charge in [0, 0.05) is 18.8 Å². The van der Waals surface area contributed by atoms with E-state index in [1.165, 1.54) is 0 Å². The van der Waals surface area contributed by atoms with Crippen molar-refractivity contribution < 1.29 is 9.47 Å². The summed E-state index contributed by atoms with van der Waals surface area (Å²) in [4.78, 5) is 7.99. The van der Waals surface area contributed by atoms with Gasteiger partial charge in [0.1, 0.15) is 0 Å². The number of aromatic nitrogens is 2. The number of ether oxygens (including phenoxy) is 2. The van der Waals surface area contributed by atoms with E-state index in [-0.39, 0.29) is 5.95 Å². The van der Waals surface area contributed by atoms with Crippen LogP contribution in [0.25, 0.3) is 0 Å². The molecule has 21 heavy (non-hydrogen) atoms. The van der Waals surface area contributed by atoms with Crippen molar-refractivity contribution in [3.05, 3.63) is 41.7 Å². The molecule has 2 rings (SSSR count). The molecule has 0 aliphatic carbocycles. The molecule has 0 unspecified atom stereocenters. The fourth-order valence-corrected chi connectivity index (χ4v) is 1.96. The molecular weight excluding hydrogens is 266 g/mol. The maximum Gasteiger partial charge on any atom is 0.219 e. The molecule has 0 fully saturated rings. The van der Waals surface area contributed by atoms with E-state index >= 15 is 0 Å². The number of nitrogens with two attached hydrogens (primary N) is 1. The minimum Gasteiger partial charge on any atom is -0.493 e. The highest BCUT2D eigenvalue weighted by Crippen LogP contribution is 2.29. The third-order valence-corrected chi connectivity index (χ3v) is 3.12. The summed E-state index contributed by atoms with van der Waals surface area (Å²) >= 11 is 0. The molecule has 2 aromatic rings. The molecule has 5 nitrogen and oxygen atoms in total. The number of nitrogen functional groups attached to an aromatic ring is 1. The predicted molar refractivity (Wildman–Crippen MR) is 82.6 cm³/mol. The molecule has 0 saturated heterocycles. The molecule has 0 bridgehead atoms. The van der Waals surface area contributed by atoms with Gasteiger partial charge in [-0.3, -0.25) is 0 Å². The zero-order valence-corrected chi connectivity index (χ0v) is 12.5. The van der Waals surface area contributed by atoms with Crippen LogP contribution in [0, 0.1) is 0 Å². The lowest BCUT2D eigenvalue weighted by Gasteiger charge is -2.12. The first kappa shape index (κ1) is 15.1. The lowest BCUT2D eigenvalue weighted by Crippen LogP contribution is -2.00. The molecular formula is C16H21N3O2. The molecule has 0 saturated carbocycles. The van der Waals surface area contributed by atoms with Crippen LogP contribution in [0.2, 0.25) is 0 Å². The van der Waals surface area contributed by atoms with Gasteiger partial charge in [-0.05, 0) is 29.7 Å². The first-order valence-electron chi connectivity index (χ1n) is 7.09. The molecule has 0 radical (unpaired) electrons. The Kier molecular flexibility index (Phi) is 5.37. The Balaban J connectivity index is 2.09. The summed E-state index contributed by atoms with van der Waals surface area (Å²) in [6.07, 6.45) is 6.35. The van der Waals surface area contributed by atoms with E-state index in [1.807, 2.05) is 18.2 Å². The summed E-state index contributed by atoms with van der Waals surface area (Å²) < 4.78 is 11.1. The van der Waals surface area contributed by atoms with Gasteiger partial charge in [-0.25, -0.2) is 9.97 Å². The number of unbranched alkanes of at least 4 members (excludes halogenated alkanes) is 1. The Labute approximate surface area is 125 Å². The van der Waals surface area contributed by atoms with Crippen LogP contribution >= 0.6 is 0 Å². The zero-order valence-electron chi connectivity index (χ0n) is 12.5. The van der Waals surface area contributed by atoms with E-state index < -0.39 is 0 Å². The second-order valence-electron chi connectivity index (χ2n) is 4.81. The highest BCUT2D eigenvalue weighted by molar-refractivity contribution is 5.44. The summed E-state index contributed by atoms with van der Waals surface area (Å²) in [6.45, 7) is 2.84. The van der Waals surface area contributed by atoms with Crippen LogP contribution in [-0.2, 0) is 6.42 Å². The zero-order chi connectivity index (χ0) is 15.1. The highest BCUT2D eigenvalue weighted by Gasteiger charge is 2.07. The largest absolute Gasteiger partial charge is 0.493 e. The smallest absolute Gasteiger partial charge is 0.219 e. The summed E-state index contributed by atoms with van der Waals surface area (Å²) in [5.74, 6) is 1.82. The normalized spacial score (nSPS) is 10.4. The number of methoxy groups -OCH3 is 1. The maximum atomic E-state index is 5.72. The molecule has 5 heteroatoms. The predicted octanol–water partition coefficient (Wildman–Crippen LogP) is 2.84. The molecule has 0 spiro atoms. The van der Waals surface area contributed by atoms with Crippen LogP contribution in [0.3, 0.4) is 0 Å². The van der Waals surface area contributed by atoms with Crippen molar-refractivity contribution in [3.8, 4) is 11.5 Å². The van der Waals surface area contributed by atoms with Crippen molar-refractivity contribution in [2.24, 2.45) is 0 Å². The second-order valence-corrected chi connectivity index (χ2v) is 4.81. The van der Waals surface area contributed by atoms with Gasteiger partial charge in [-0.15, -0.1) is 0 Å². The van der Waals surface area contributed by atoms with E-state index in [0.29, 0.717) is 6.61 Å².